The Morgan fingerprint density at radius 2 is 2.40 bits per heavy atom. The van der Waals surface area contributed by atoms with Crippen LogP contribution in [0.25, 0.3) is 0 Å². The first-order chi connectivity index (χ1) is 9.79. The Labute approximate surface area is 120 Å². The molecule has 1 amide bonds. The van der Waals surface area contributed by atoms with Crippen molar-refractivity contribution in [1.29, 1.82) is 0 Å². The molecule has 1 aliphatic heterocycles. The Morgan fingerprint density at radius 3 is 3.25 bits per heavy atom. The van der Waals surface area contributed by atoms with Gasteiger partial charge >= 0.3 is 0 Å². The quantitative estimate of drug-likeness (QED) is 0.936. The molecule has 0 bridgehead atoms. The molecule has 6 nitrogen and oxygen atoms in total. The van der Waals surface area contributed by atoms with E-state index in [2.05, 4.69) is 19.9 Å². The van der Waals surface area contributed by atoms with E-state index in [1.54, 1.807) is 18.8 Å². The van der Waals surface area contributed by atoms with Crippen molar-refractivity contribution in [3.8, 4) is 0 Å². The van der Waals surface area contributed by atoms with Gasteiger partial charge in [-0.25, -0.2) is 9.97 Å². The van der Waals surface area contributed by atoms with E-state index in [1.165, 1.54) is 11.3 Å². The molecule has 0 aliphatic carbocycles. The van der Waals surface area contributed by atoms with Crippen LogP contribution in [0.4, 0.5) is 5.82 Å². The molecule has 2 aromatic rings. The maximum Gasteiger partial charge on any atom is 0.268 e. The molecule has 7 heteroatoms. The molecule has 0 unspecified atom stereocenters. The number of fused-ring (bicyclic) bond motifs is 1. The number of thiazole rings is 1. The van der Waals surface area contributed by atoms with E-state index in [-0.39, 0.29) is 5.91 Å². The highest BCUT2D eigenvalue weighted by atomic mass is 32.1. The van der Waals surface area contributed by atoms with Crippen LogP contribution in [0.15, 0.2) is 11.7 Å². The number of aryl methyl sites for hydroxylation is 1. The summed E-state index contributed by atoms with van der Waals surface area (Å²) in [6.07, 6.45) is 5.00. The lowest BCUT2D eigenvalue weighted by Crippen LogP contribution is -2.18. The monoisotopic (exact) mass is 292 g/mol. The van der Waals surface area contributed by atoms with Gasteiger partial charge < -0.3 is 14.6 Å². The van der Waals surface area contributed by atoms with Gasteiger partial charge in [0.05, 0.1) is 24.0 Å². The summed E-state index contributed by atoms with van der Waals surface area (Å²) in [7, 11) is 1.59. The largest absolute Gasteiger partial charge is 0.378 e. The minimum Gasteiger partial charge on any atom is -0.378 e. The summed E-state index contributed by atoms with van der Waals surface area (Å²) >= 11 is 1.32. The lowest BCUT2D eigenvalue weighted by atomic mass is 10.2. The van der Waals surface area contributed by atoms with Crippen molar-refractivity contribution in [2.75, 3.05) is 12.4 Å². The molecular weight excluding hydrogens is 276 g/mol. The molecule has 2 aromatic heterocycles. The second kappa shape index (κ2) is 5.72. The van der Waals surface area contributed by atoms with Crippen molar-refractivity contribution in [3.05, 3.63) is 28.1 Å². The van der Waals surface area contributed by atoms with E-state index >= 15 is 0 Å². The number of rotatable bonds is 4. The van der Waals surface area contributed by atoms with Crippen LogP contribution in [-0.4, -0.2) is 27.6 Å². The van der Waals surface area contributed by atoms with Crippen molar-refractivity contribution in [2.45, 2.75) is 32.4 Å². The van der Waals surface area contributed by atoms with Crippen molar-refractivity contribution >= 4 is 23.1 Å². The van der Waals surface area contributed by atoms with Gasteiger partial charge in [0.15, 0.2) is 0 Å². The SMILES string of the molecule is COCc1ncsc1C(=O)Nc1cnc2n1CCCC2. The number of carbonyl (C=O) groups is 1. The predicted molar refractivity (Wildman–Crippen MR) is 75.9 cm³/mol. The van der Waals surface area contributed by atoms with Crippen LogP contribution in [0.1, 0.15) is 34.0 Å². The molecule has 20 heavy (non-hydrogen) atoms. The van der Waals surface area contributed by atoms with E-state index in [1.807, 2.05) is 0 Å². The number of aromatic nitrogens is 3. The highest BCUT2D eigenvalue weighted by Gasteiger charge is 2.19. The van der Waals surface area contributed by atoms with Crippen molar-refractivity contribution in [2.24, 2.45) is 0 Å². The molecule has 0 saturated carbocycles. The third-order valence-electron chi connectivity index (χ3n) is 3.34. The molecule has 3 heterocycles. The minimum atomic E-state index is -0.146. The van der Waals surface area contributed by atoms with Crippen molar-refractivity contribution < 1.29 is 9.53 Å². The molecular formula is C13H16N4O2S. The molecule has 106 valence electrons. The van der Waals surface area contributed by atoms with E-state index in [0.29, 0.717) is 17.2 Å². The van der Waals surface area contributed by atoms with Crippen molar-refractivity contribution in [1.82, 2.24) is 14.5 Å². The Balaban J connectivity index is 1.79. The van der Waals surface area contributed by atoms with Crippen LogP contribution >= 0.6 is 11.3 Å². The smallest absolute Gasteiger partial charge is 0.268 e. The maximum atomic E-state index is 12.3. The van der Waals surface area contributed by atoms with Gasteiger partial charge in [0, 0.05) is 20.1 Å². The van der Waals surface area contributed by atoms with Crippen LogP contribution in [0.5, 0.6) is 0 Å². The highest BCUT2D eigenvalue weighted by molar-refractivity contribution is 7.12. The van der Waals surface area contributed by atoms with Gasteiger partial charge in [-0.2, -0.15) is 0 Å². The minimum absolute atomic E-state index is 0.146. The molecule has 0 radical (unpaired) electrons. The molecule has 0 spiro atoms. The Morgan fingerprint density at radius 1 is 1.50 bits per heavy atom. The van der Waals surface area contributed by atoms with E-state index in [4.69, 9.17) is 4.74 Å². The lowest BCUT2D eigenvalue weighted by Gasteiger charge is -2.16. The van der Waals surface area contributed by atoms with Crippen LogP contribution < -0.4 is 5.32 Å². The fraction of sp³-hybridized carbons (Fsp3) is 0.462. The van der Waals surface area contributed by atoms with Crippen molar-refractivity contribution in [3.63, 3.8) is 0 Å². The Bertz CT molecular complexity index is 620. The molecule has 0 fully saturated rings. The topological polar surface area (TPSA) is 69.0 Å². The van der Waals surface area contributed by atoms with Crippen LogP contribution in [0, 0.1) is 0 Å². The Hall–Kier alpha value is -1.73. The van der Waals surface area contributed by atoms with Crippen LogP contribution in [0.2, 0.25) is 0 Å². The number of nitrogens with zero attached hydrogens (tertiary/aromatic N) is 3. The van der Waals surface area contributed by atoms with E-state index in [0.717, 1.165) is 37.4 Å². The summed E-state index contributed by atoms with van der Waals surface area (Å²) < 4.78 is 7.13. The fourth-order valence-electron chi connectivity index (χ4n) is 2.38. The highest BCUT2D eigenvalue weighted by Crippen LogP contribution is 2.21. The van der Waals surface area contributed by atoms with Gasteiger partial charge in [0.2, 0.25) is 0 Å². The standard InChI is InChI=1S/C13H16N4O2S/c1-19-7-9-12(20-8-15-9)13(18)16-11-6-14-10-4-2-3-5-17(10)11/h6,8H,2-5,7H2,1H3,(H,16,18). The first-order valence-electron chi connectivity index (χ1n) is 6.56. The van der Waals surface area contributed by atoms with Gasteiger partial charge in [-0.05, 0) is 12.8 Å². The average molecular weight is 292 g/mol. The number of ether oxygens (including phenoxy) is 1. The molecule has 1 N–H and O–H groups in total. The van der Waals surface area contributed by atoms with Gasteiger partial charge in [-0.15, -0.1) is 11.3 Å². The number of nitrogens with one attached hydrogen (secondary N) is 1. The summed E-state index contributed by atoms with van der Waals surface area (Å²) in [5, 5.41) is 2.93. The van der Waals surface area contributed by atoms with Crippen LogP contribution in [0.3, 0.4) is 0 Å². The number of hydrogen-bond acceptors (Lipinski definition) is 5. The summed E-state index contributed by atoms with van der Waals surface area (Å²) in [6, 6.07) is 0. The zero-order chi connectivity index (χ0) is 13.9. The second-order valence-corrected chi connectivity index (χ2v) is 5.54. The summed E-state index contributed by atoms with van der Waals surface area (Å²) in [4.78, 5) is 21.4. The average Bonchev–Trinajstić information content (AvgIpc) is 3.07. The Kier molecular flexibility index (Phi) is 3.79. The summed E-state index contributed by atoms with van der Waals surface area (Å²) in [5.74, 6) is 1.67. The normalized spacial score (nSPS) is 14.1. The summed E-state index contributed by atoms with van der Waals surface area (Å²) in [6.45, 7) is 1.26. The number of carbonyl (C=O) groups excluding carboxylic acids is 1. The number of imidazole rings is 1. The third kappa shape index (κ3) is 2.46. The molecule has 3 rings (SSSR count). The second-order valence-electron chi connectivity index (χ2n) is 4.68. The maximum absolute atomic E-state index is 12.3. The molecule has 1 aliphatic rings. The number of hydrogen-bond donors (Lipinski definition) is 1. The van der Waals surface area contributed by atoms with Gasteiger partial charge in [-0.1, -0.05) is 0 Å². The molecule has 0 atom stereocenters. The van der Waals surface area contributed by atoms with Gasteiger partial charge in [-0.3, -0.25) is 4.79 Å². The first-order valence-corrected chi connectivity index (χ1v) is 7.44. The molecule has 0 saturated heterocycles. The van der Waals surface area contributed by atoms with E-state index < -0.39 is 0 Å². The number of amides is 1. The molecule has 0 aromatic carbocycles. The predicted octanol–water partition coefficient (Wildman–Crippen LogP) is 2.07. The van der Waals surface area contributed by atoms with Gasteiger partial charge in [0.1, 0.15) is 16.5 Å². The zero-order valence-corrected chi connectivity index (χ0v) is 12.1. The third-order valence-corrected chi connectivity index (χ3v) is 4.21. The number of anilines is 1. The zero-order valence-electron chi connectivity index (χ0n) is 11.3. The lowest BCUT2D eigenvalue weighted by molar-refractivity contribution is 0.102. The van der Waals surface area contributed by atoms with E-state index in [9.17, 15) is 4.79 Å². The summed E-state index contributed by atoms with van der Waals surface area (Å²) in [5.41, 5.74) is 2.34. The van der Waals surface area contributed by atoms with Gasteiger partial charge in [0.25, 0.3) is 5.91 Å². The number of methoxy groups -OCH3 is 1. The fourth-order valence-corrected chi connectivity index (χ4v) is 3.07. The first kappa shape index (κ1) is 13.3. The van der Waals surface area contributed by atoms with Crippen LogP contribution in [-0.2, 0) is 24.3 Å².